The van der Waals surface area contributed by atoms with Gasteiger partial charge in [-0.15, -0.1) is 0 Å². The predicted octanol–water partition coefficient (Wildman–Crippen LogP) is 8.04. The van der Waals surface area contributed by atoms with Gasteiger partial charge in [0.25, 0.3) is 10.1 Å². The summed E-state index contributed by atoms with van der Waals surface area (Å²) < 4.78 is 32.1. The Morgan fingerprint density at radius 1 is 0.659 bits per heavy atom. The Balaban J connectivity index is 3.99. The molecule has 0 aliphatic rings. The second kappa shape index (κ2) is 27.8. The largest absolute Gasteiger partial charge is 0.387 e. The first kappa shape index (κ1) is 40.0. The van der Waals surface area contributed by atoms with E-state index >= 15 is 0 Å². The van der Waals surface area contributed by atoms with E-state index in [2.05, 4.69) is 19.2 Å². The van der Waals surface area contributed by atoms with Gasteiger partial charge in [-0.1, -0.05) is 161 Å². The number of nitrogens with one attached hydrogen (secondary N) is 1. The summed E-state index contributed by atoms with van der Waals surface area (Å²) >= 11 is 0. The molecule has 0 saturated heterocycles. The summed E-state index contributed by atoms with van der Waals surface area (Å²) in [6.07, 6.45) is 28.7. The van der Waals surface area contributed by atoms with E-state index in [4.69, 9.17) is 0 Å². The van der Waals surface area contributed by atoms with Crippen molar-refractivity contribution >= 4 is 16.0 Å². The van der Waals surface area contributed by atoms with Crippen molar-refractivity contribution in [2.75, 3.05) is 5.75 Å². The summed E-state index contributed by atoms with van der Waals surface area (Å²) in [4.78, 5) is 12.5. The van der Waals surface area contributed by atoms with Crippen LogP contribution in [0.15, 0.2) is 12.2 Å². The number of aliphatic hydroxyl groups excluding tert-OH is 2. The van der Waals surface area contributed by atoms with E-state index in [1.54, 1.807) is 6.08 Å². The highest BCUT2D eigenvalue weighted by molar-refractivity contribution is 7.85. The molecule has 3 unspecified atom stereocenters. The molecule has 0 heterocycles. The molecule has 0 bridgehead atoms. The summed E-state index contributed by atoms with van der Waals surface area (Å²) in [5, 5.41) is 23.1. The molecule has 0 spiro atoms. The number of hydrogen-bond donors (Lipinski definition) is 4. The fourth-order valence-electron chi connectivity index (χ4n) is 5.16. The van der Waals surface area contributed by atoms with E-state index < -0.39 is 40.0 Å². The third kappa shape index (κ3) is 27.6. The zero-order valence-corrected chi connectivity index (χ0v) is 27.4. The third-order valence-corrected chi connectivity index (χ3v) is 8.60. The van der Waals surface area contributed by atoms with Crippen LogP contribution in [-0.2, 0) is 14.9 Å². The molecule has 0 aliphatic heterocycles. The van der Waals surface area contributed by atoms with Crippen LogP contribution in [-0.4, -0.2) is 53.1 Å². The van der Waals surface area contributed by atoms with Crippen LogP contribution in [0.3, 0.4) is 0 Å². The van der Waals surface area contributed by atoms with Gasteiger partial charge in [-0.05, 0) is 19.3 Å². The summed E-state index contributed by atoms with van der Waals surface area (Å²) in [5.41, 5.74) is 0. The average molecular weight is 604 g/mol. The number of unbranched alkanes of at least 4 members (excludes halogenated alkanes) is 21. The molecule has 7 nitrogen and oxygen atoms in total. The third-order valence-electron chi connectivity index (χ3n) is 7.82. The van der Waals surface area contributed by atoms with Gasteiger partial charge in [0.1, 0.15) is 6.10 Å². The number of allylic oxidation sites excluding steroid dienone is 1. The van der Waals surface area contributed by atoms with Gasteiger partial charge >= 0.3 is 0 Å². The van der Waals surface area contributed by atoms with E-state index in [9.17, 15) is 28.0 Å². The van der Waals surface area contributed by atoms with Crippen molar-refractivity contribution in [2.45, 2.75) is 186 Å². The van der Waals surface area contributed by atoms with Crippen LogP contribution in [0.25, 0.3) is 0 Å². The Hall–Kier alpha value is -0.960. The predicted molar refractivity (Wildman–Crippen MR) is 172 cm³/mol. The molecule has 244 valence electrons. The maximum Gasteiger partial charge on any atom is 0.267 e. The second-order valence-electron chi connectivity index (χ2n) is 11.9. The Morgan fingerprint density at radius 3 is 1.46 bits per heavy atom. The summed E-state index contributed by atoms with van der Waals surface area (Å²) in [6.45, 7) is 4.41. The molecule has 0 rings (SSSR count). The van der Waals surface area contributed by atoms with Gasteiger partial charge < -0.3 is 15.5 Å². The average Bonchev–Trinajstić information content (AvgIpc) is 2.92. The molecule has 0 radical (unpaired) electrons. The zero-order valence-electron chi connectivity index (χ0n) is 26.5. The van der Waals surface area contributed by atoms with Crippen LogP contribution in [0.5, 0.6) is 0 Å². The summed E-state index contributed by atoms with van der Waals surface area (Å²) in [6, 6.07) is -1.22. The van der Waals surface area contributed by atoms with Crippen molar-refractivity contribution in [3.8, 4) is 0 Å². The second-order valence-corrected chi connectivity index (χ2v) is 13.4. The molecule has 0 aromatic rings. The fraction of sp³-hybridized carbons (Fsp3) is 0.909. The van der Waals surface area contributed by atoms with Gasteiger partial charge in [0.05, 0.1) is 17.9 Å². The molecular formula is C33H65NO6S. The first-order valence-corrected chi connectivity index (χ1v) is 18.6. The van der Waals surface area contributed by atoms with Gasteiger partial charge in [-0.2, -0.15) is 8.42 Å². The van der Waals surface area contributed by atoms with Crippen molar-refractivity contribution in [1.29, 1.82) is 0 Å². The zero-order chi connectivity index (χ0) is 30.6. The van der Waals surface area contributed by atoms with Crippen LogP contribution in [0.1, 0.15) is 168 Å². The number of carbonyl (C=O) groups excluding carboxylic acids is 1. The summed E-state index contributed by atoms with van der Waals surface area (Å²) in [5.74, 6) is -1.53. The van der Waals surface area contributed by atoms with Crippen LogP contribution >= 0.6 is 0 Å². The Bertz CT molecular complexity index is 727. The number of amides is 1. The van der Waals surface area contributed by atoms with Gasteiger partial charge in [-0.3, -0.25) is 9.35 Å². The number of carbonyl (C=O) groups is 1. The normalized spacial score (nSPS) is 14.4. The lowest BCUT2D eigenvalue weighted by Crippen LogP contribution is -2.50. The highest BCUT2D eigenvalue weighted by Crippen LogP contribution is 2.15. The van der Waals surface area contributed by atoms with E-state index in [1.807, 2.05) is 0 Å². The molecular weight excluding hydrogens is 538 g/mol. The minimum atomic E-state index is -4.42. The number of aliphatic hydroxyl groups is 2. The SMILES string of the molecule is CCCCCCC/C=C/C(O)C(CS(=O)(=O)O)NC(=O)C(O)CCCCCCCCCCCCCCCCCCC. The molecule has 8 heteroatoms. The molecule has 0 aromatic heterocycles. The van der Waals surface area contributed by atoms with Crippen LogP contribution < -0.4 is 5.32 Å². The Kier molecular flexibility index (Phi) is 27.2. The smallest absolute Gasteiger partial charge is 0.267 e. The Labute approximate surface area is 253 Å². The standard InChI is InChI=1S/C33H65NO6S/c1-3-5-7-9-11-12-13-14-15-16-17-18-19-20-22-24-26-28-32(36)33(37)34-30(29-41(38,39)40)31(35)27-25-23-21-10-8-6-4-2/h25,27,30-32,35-36H,3-24,26,28-29H2,1-2H3,(H,34,37)(H,38,39,40)/b27-25+. The minimum Gasteiger partial charge on any atom is -0.387 e. The molecule has 4 N–H and O–H groups in total. The van der Waals surface area contributed by atoms with Gasteiger partial charge in [0, 0.05) is 0 Å². The van der Waals surface area contributed by atoms with Gasteiger partial charge in [0.2, 0.25) is 5.91 Å². The maximum absolute atomic E-state index is 12.5. The lowest BCUT2D eigenvalue weighted by atomic mass is 10.0. The number of rotatable bonds is 30. The quantitative estimate of drug-likeness (QED) is 0.0374. The van der Waals surface area contributed by atoms with Crippen LogP contribution in [0, 0.1) is 0 Å². The van der Waals surface area contributed by atoms with Gasteiger partial charge in [0.15, 0.2) is 0 Å². The minimum absolute atomic E-state index is 0.284. The molecule has 41 heavy (non-hydrogen) atoms. The van der Waals surface area contributed by atoms with Crippen molar-refractivity contribution in [3.05, 3.63) is 12.2 Å². The first-order chi connectivity index (χ1) is 19.7. The van der Waals surface area contributed by atoms with E-state index in [1.165, 1.54) is 96.0 Å². The highest BCUT2D eigenvalue weighted by atomic mass is 32.2. The number of hydrogen-bond acceptors (Lipinski definition) is 5. The van der Waals surface area contributed by atoms with Crippen LogP contribution in [0.4, 0.5) is 0 Å². The summed E-state index contributed by atoms with van der Waals surface area (Å²) in [7, 11) is -4.42. The molecule has 1 amide bonds. The molecule has 3 atom stereocenters. The van der Waals surface area contributed by atoms with Crippen molar-refractivity contribution < 1.29 is 28.0 Å². The van der Waals surface area contributed by atoms with Gasteiger partial charge in [-0.25, -0.2) is 0 Å². The molecule has 0 saturated carbocycles. The Morgan fingerprint density at radius 2 is 1.05 bits per heavy atom. The van der Waals surface area contributed by atoms with Crippen molar-refractivity contribution in [2.24, 2.45) is 0 Å². The van der Waals surface area contributed by atoms with E-state index in [-0.39, 0.29) is 6.42 Å². The first-order valence-electron chi connectivity index (χ1n) is 17.0. The molecule has 0 aliphatic carbocycles. The van der Waals surface area contributed by atoms with Crippen molar-refractivity contribution in [1.82, 2.24) is 5.32 Å². The lowest BCUT2D eigenvalue weighted by molar-refractivity contribution is -0.130. The fourth-order valence-corrected chi connectivity index (χ4v) is 5.89. The molecule has 0 fully saturated rings. The monoisotopic (exact) mass is 603 g/mol. The maximum atomic E-state index is 12.5. The molecule has 0 aromatic carbocycles. The topological polar surface area (TPSA) is 124 Å². The van der Waals surface area contributed by atoms with Crippen LogP contribution in [0.2, 0.25) is 0 Å². The van der Waals surface area contributed by atoms with Crippen molar-refractivity contribution in [3.63, 3.8) is 0 Å². The van der Waals surface area contributed by atoms with E-state index in [0.717, 1.165) is 51.4 Å². The lowest BCUT2D eigenvalue weighted by Gasteiger charge is -2.22. The van der Waals surface area contributed by atoms with E-state index in [0.29, 0.717) is 6.42 Å². The highest BCUT2D eigenvalue weighted by Gasteiger charge is 2.27.